The Morgan fingerprint density at radius 2 is 2.14 bits per heavy atom. The maximum atomic E-state index is 12.4. The lowest BCUT2D eigenvalue weighted by atomic mass is 10.2. The number of methoxy groups -OCH3 is 1. The minimum absolute atomic E-state index is 0.0333. The van der Waals surface area contributed by atoms with E-state index in [0.29, 0.717) is 17.4 Å². The number of nitrogens with zero attached hydrogens (tertiary/aromatic N) is 2. The molecule has 0 spiro atoms. The Kier molecular flexibility index (Phi) is 4.87. The molecule has 28 heavy (non-hydrogen) atoms. The quantitative estimate of drug-likeness (QED) is 0.707. The summed E-state index contributed by atoms with van der Waals surface area (Å²) in [5.74, 6) is 0.652. The van der Waals surface area contributed by atoms with Crippen molar-refractivity contribution < 1.29 is 14.3 Å². The van der Waals surface area contributed by atoms with Crippen molar-refractivity contribution in [3.8, 4) is 5.75 Å². The van der Waals surface area contributed by atoms with Crippen LogP contribution >= 0.6 is 11.3 Å². The van der Waals surface area contributed by atoms with Gasteiger partial charge in [-0.15, -0.1) is 0 Å². The number of aryl methyl sites for hydroxylation is 1. The van der Waals surface area contributed by atoms with Crippen molar-refractivity contribution in [2.75, 3.05) is 23.9 Å². The first-order valence-electron chi connectivity index (χ1n) is 8.91. The van der Waals surface area contributed by atoms with Crippen molar-refractivity contribution in [1.82, 2.24) is 10.3 Å². The lowest BCUT2D eigenvalue weighted by Crippen LogP contribution is -2.39. The molecule has 1 fully saturated rings. The van der Waals surface area contributed by atoms with Crippen molar-refractivity contribution in [2.24, 2.45) is 0 Å². The third-order valence-corrected chi connectivity index (χ3v) is 5.52. The van der Waals surface area contributed by atoms with E-state index in [1.54, 1.807) is 12.0 Å². The number of amides is 3. The summed E-state index contributed by atoms with van der Waals surface area (Å²) >= 11 is 1.43. The van der Waals surface area contributed by atoms with Crippen LogP contribution in [0.2, 0.25) is 0 Å². The highest BCUT2D eigenvalue weighted by molar-refractivity contribution is 7.22. The lowest BCUT2D eigenvalue weighted by Gasteiger charge is -2.18. The van der Waals surface area contributed by atoms with Crippen LogP contribution in [0.1, 0.15) is 12.0 Å². The van der Waals surface area contributed by atoms with E-state index in [2.05, 4.69) is 15.6 Å². The first-order chi connectivity index (χ1) is 13.5. The number of urea groups is 1. The molecular weight excluding hydrogens is 376 g/mol. The molecule has 1 aliphatic heterocycles. The van der Waals surface area contributed by atoms with E-state index in [0.717, 1.165) is 21.5 Å². The fraction of sp³-hybridized carbons (Fsp3) is 0.250. The number of ether oxygens (including phenoxy) is 1. The number of fused-ring (bicyclic) bond motifs is 1. The van der Waals surface area contributed by atoms with Gasteiger partial charge in [0.15, 0.2) is 5.13 Å². The Morgan fingerprint density at radius 3 is 2.96 bits per heavy atom. The number of hydrogen-bond acceptors (Lipinski definition) is 5. The van der Waals surface area contributed by atoms with Crippen LogP contribution in [0.15, 0.2) is 42.5 Å². The summed E-state index contributed by atoms with van der Waals surface area (Å²) in [5.41, 5.74) is 2.76. The van der Waals surface area contributed by atoms with Crippen LogP contribution in [0.3, 0.4) is 0 Å². The van der Waals surface area contributed by atoms with Crippen molar-refractivity contribution in [1.29, 1.82) is 0 Å². The van der Waals surface area contributed by atoms with Crippen LogP contribution in [-0.2, 0) is 4.79 Å². The molecule has 0 radical (unpaired) electrons. The maximum absolute atomic E-state index is 12.4. The largest absolute Gasteiger partial charge is 0.497 e. The number of thiazole rings is 1. The molecule has 2 aromatic carbocycles. The second kappa shape index (κ2) is 7.47. The van der Waals surface area contributed by atoms with Crippen molar-refractivity contribution in [3.05, 3.63) is 48.0 Å². The van der Waals surface area contributed by atoms with Gasteiger partial charge in [-0.05, 0) is 36.8 Å². The molecule has 2 N–H and O–H groups in total. The highest BCUT2D eigenvalue weighted by atomic mass is 32.1. The number of benzene rings is 2. The van der Waals surface area contributed by atoms with Gasteiger partial charge in [-0.25, -0.2) is 9.78 Å². The fourth-order valence-electron chi connectivity index (χ4n) is 3.24. The predicted octanol–water partition coefficient (Wildman–Crippen LogP) is 3.54. The molecule has 8 heteroatoms. The second-order valence-corrected chi connectivity index (χ2v) is 7.73. The number of carbonyl (C=O) groups excluding carboxylic acids is 2. The van der Waals surface area contributed by atoms with E-state index < -0.39 is 0 Å². The Hall–Kier alpha value is -3.13. The van der Waals surface area contributed by atoms with Gasteiger partial charge in [-0.2, -0.15) is 0 Å². The number of aromatic nitrogens is 1. The average Bonchev–Trinajstić information content (AvgIpc) is 3.23. The van der Waals surface area contributed by atoms with Crippen LogP contribution in [-0.4, -0.2) is 36.6 Å². The van der Waals surface area contributed by atoms with Crippen LogP contribution in [0.25, 0.3) is 10.2 Å². The number of rotatable bonds is 4. The fourth-order valence-corrected chi connectivity index (χ4v) is 4.20. The topological polar surface area (TPSA) is 83.6 Å². The van der Waals surface area contributed by atoms with E-state index in [4.69, 9.17) is 4.74 Å². The van der Waals surface area contributed by atoms with Crippen molar-refractivity contribution >= 4 is 44.3 Å². The normalized spacial score (nSPS) is 16.4. The Bertz CT molecular complexity index is 1050. The zero-order valence-electron chi connectivity index (χ0n) is 15.6. The molecule has 3 aromatic rings. The van der Waals surface area contributed by atoms with E-state index in [-0.39, 0.29) is 24.4 Å². The molecule has 7 nitrogen and oxygen atoms in total. The molecule has 1 atom stereocenters. The summed E-state index contributed by atoms with van der Waals surface area (Å²) in [6, 6.07) is 12.7. The summed E-state index contributed by atoms with van der Waals surface area (Å²) in [5, 5.41) is 6.17. The number of carbonyl (C=O) groups is 2. The van der Waals surface area contributed by atoms with Gasteiger partial charge in [0.05, 0.1) is 23.4 Å². The number of anilines is 2. The minimum Gasteiger partial charge on any atom is -0.497 e. The lowest BCUT2D eigenvalue weighted by molar-refractivity contribution is -0.117. The standard InChI is InChI=1S/C20H20N4O3S/c1-12-6-7-16-17(8-12)28-20(22-16)23-19(26)21-13-9-18(25)24(11-13)14-4-3-5-15(10-14)27-2/h3-8,10,13H,9,11H2,1-2H3,(H2,21,22,23,26). The molecule has 1 saturated heterocycles. The zero-order chi connectivity index (χ0) is 19.7. The number of nitrogens with one attached hydrogen (secondary N) is 2. The third-order valence-electron chi connectivity index (χ3n) is 4.59. The first kappa shape index (κ1) is 18.2. The average molecular weight is 396 g/mol. The second-order valence-electron chi connectivity index (χ2n) is 6.70. The molecule has 0 aliphatic carbocycles. The Morgan fingerprint density at radius 1 is 1.29 bits per heavy atom. The predicted molar refractivity (Wildman–Crippen MR) is 110 cm³/mol. The van der Waals surface area contributed by atoms with Gasteiger partial charge in [0.2, 0.25) is 5.91 Å². The summed E-state index contributed by atoms with van der Waals surface area (Å²) in [7, 11) is 1.59. The molecule has 1 unspecified atom stereocenters. The van der Waals surface area contributed by atoms with Gasteiger partial charge in [-0.3, -0.25) is 10.1 Å². The van der Waals surface area contributed by atoms with Gasteiger partial charge in [0.1, 0.15) is 5.75 Å². The summed E-state index contributed by atoms with van der Waals surface area (Å²) in [6.07, 6.45) is 0.254. The van der Waals surface area contributed by atoms with Gasteiger partial charge in [0.25, 0.3) is 0 Å². The first-order valence-corrected chi connectivity index (χ1v) is 9.72. The van der Waals surface area contributed by atoms with Crippen LogP contribution in [0.4, 0.5) is 15.6 Å². The SMILES string of the molecule is COc1cccc(N2CC(NC(=O)Nc3nc4ccc(C)cc4s3)CC2=O)c1. The molecule has 3 amide bonds. The highest BCUT2D eigenvalue weighted by Crippen LogP contribution is 2.27. The van der Waals surface area contributed by atoms with Crippen LogP contribution < -0.4 is 20.3 Å². The van der Waals surface area contributed by atoms with Crippen LogP contribution in [0, 0.1) is 6.92 Å². The molecule has 0 saturated carbocycles. The van der Waals surface area contributed by atoms with E-state index in [1.165, 1.54) is 11.3 Å². The van der Waals surface area contributed by atoms with Gasteiger partial charge in [-0.1, -0.05) is 23.5 Å². The van der Waals surface area contributed by atoms with Crippen molar-refractivity contribution in [3.63, 3.8) is 0 Å². The monoisotopic (exact) mass is 396 g/mol. The molecular formula is C20H20N4O3S. The van der Waals surface area contributed by atoms with Gasteiger partial charge in [0, 0.05) is 24.7 Å². The molecule has 1 aromatic heterocycles. The smallest absolute Gasteiger partial charge is 0.321 e. The maximum Gasteiger partial charge on any atom is 0.321 e. The van der Waals surface area contributed by atoms with Crippen molar-refractivity contribution in [2.45, 2.75) is 19.4 Å². The number of hydrogen-bond donors (Lipinski definition) is 2. The minimum atomic E-state index is -0.360. The Balaban J connectivity index is 1.39. The zero-order valence-corrected chi connectivity index (χ0v) is 16.4. The van der Waals surface area contributed by atoms with E-state index in [9.17, 15) is 9.59 Å². The van der Waals surface area contributed by atoms with Gasteiger partial charge < -0.3 is 15.0 Å². The van der Waals surface area contributed by atoms with E-state index in [1.807, 2.05) is 49.4 Å². The van der Waals surface area contributed by atoms with E-state index >= 15 is 0 Å². The molecule has 0 bridgehead atoms. The molecule has 2 heterocycles. The molecule has 1 aliphatic rings. The molecule has 4 rings (SSSR count). The summed E-state index contributed by atoms with van der Waals surface area (Å²) < 4.78 is 6.24. The third kappa shape index (κ3) is 3.77. The van der Waals surface area contributed by atoms with Gasteiger partial charge >= 0.3 is 6.03 Å². The van der Waals surface area contributed by atoms with Crippen LogP contribution in [0.5, 0.6) is 5.75 Å². The molecule has 144 valence electrons. The highest BCUT2D eigenvalue weighted by Gasteiger charge is 2.31. The Labute approximate surface area is 166 Å². The summed E-state index contributed by atoms with van der Waals surface area (Å²) in [6.45, 7) is 2.43. The summed E-state index contributed by atoms with van der Waals surface area (Å²) in [4.78, 5) is 30.8.